The van der Waals surface area contributed by atoms with E-state index in [0.717, 1.165) is 10.5 Å². The quantitative estimate of drug-likeness (QED) is 0.803. The summed E-state index contributed by atoms with van der Waals surface area (Å²) in [5.74, 6) is 0.413. The number of nitrogens with two attached hydrogens (primary N) is 1. The molecule has 2 rings (SSSR count). The second-order valence-corrected chi connectivity index (χ2v) is 5.55. The van der Waals surface area contributed by atoms with E-state index in [4.69, 9.17) is 10.5 Å². The Morgan fingerprint density at radius 3 is 2.57 bits per heavy atom. The maximum atomic E-state index is 12.2. The lowest BCUT2D eigenvalue weighted by Gasteiger charge is -2.21. The first-order valence-corrected chi connectivity index (χ1v) is 6.98. The Hall–Kier alpha value is -2.08. The molecule has 0 saturated carbocycles. The fourth-order valence-corrected chi connectivity index (χ4v) is 2.35. The van der Waals surface area contributed by atoms with Crippen LogP contribution in [0.5, 0.6) is 5.75 Å². The van der Waals surface area contributed by atoms with E-state index in [-0.39, 0.29) is 12.5 Å². The van der Waals surface area contributed by atoms with Gasteiger partial charge >= 0.3 is 6.03 Å². The summed E-state index contributed by atoms with van der Waals surface area (Å²) >= 11 is 0. The van der Waals surface area contributed by atoms with Crippen LogP contribution < -0.4 is 15.8 Å². The van der Waals surface area contributed by atoms with Crippen molar-refractivity contribution in [1.29, 1.82) is 0 Å². The number of nitrogens with zero attached hydrogens (tertiary/aromatic N) is 1. The molecule has 1 atom stereocenters. The van der Waals surface area contributed by atoms with Gasteiger partial charge in [0.2, 0.25) is 0 Å². The first-order chi connectivity index (χ1) is 9.86. The number of urea groups is 1. The minimum Gasteiger partial charge on any atom is -0.494 e. The summed E-state index contributed by atoms with van der Waals surface area (Å²) in [6.45, 7) is 5.89. The monoisotopic (exact) mass is 291 g/mol. The van der Waals surface area contributed by atoms with Crippen LogP contribution in [-0.2, 0) is 4.79 Å². The number of para-hydroxylation sites is 1. The Balaban J connectivity index is 2.17. The van der Waals surface area contributed by atoms with Gasteiger partial charge in [0.1, 0.15) is 11.3 Å². The highest BCUT2D eigenvalue weighted by Gasteiger charge is 2.44. The number of nitrogens with one attached hydrogen (secondary N) is 1. The summed E-state index contributed by atoms with van der Waals surface area (Å²) < 4.78 is 5.53. The number of carbonyl (C=O) groups is 2. The third kappa shape index (κ3) is 3.00. The van der Waals surface area contributed by atoms with Crippen LogP contribution in [0.2, 0.25) is 0 Å². The summed E-state index contributed by atoms with van der Waals surface area (Å²) in [5.41, 5.74) is 6.07. The van der Waals surface area contributed by atoms with Gasteiger partial charge < -0.3 is 15.8 Å². The van der Waals surface area contributed by atoms with Gasteiger partial charge in [-0.25, -0.2) is 4.79 Å². The highest BCUT2D eigenvalue weighted by Crippen LogP contribution is 2.26. The maximum Gasteiger partial charge on any atom is 0.325 e. The van der Waals surface area contributed by atoms with Crippen molar-refractivity contribution in [3.05, 3.63) is 29.8 Å². The summed E-state index contributed by atoms with van der Waals surface area (Å²) in [6, 6.07) is 6.49. The molecule has 1 aromatic carbocycles. The summed E-state index contributed by atoms with van der Waals surface area (Å²) in [6.07, 6.45) is 0. The van der Waals surface area contributed by atoms with Crippen molar-refractivity contribution >= 4 is 11.9 Å². The zero-order valence-electron chi connectivity index (χ0n) is 12.6. The topological polar surface area (TPSA) is 84.7 Å². The third-order valence-electron chi connectivity index (χ3n) is 3.44. The molecule has 1 heterocycles. The normalized spacial score (nSPS) is 18.6. The second kappa shape index (κ2) is 5.73. The predicted molar refractivity (Wildman–Crippen MR) is 78.9 cm³/mol. The van der Waals surface area contributed by atoms with E-state index in [1.807, 2.05) is 31.2 Å². The van der Waals surface area contributed by atoms with Crippen LogP contribution in [0.4, 0.5) is 4.79 Å². The average molecular weight is 291 g/mol. The lowest BCUT2D eigenvalue weighted by molar-refractivity contribution is -0.130. The van der Waals surface area contributed by atoms with Gasteiger partial charge in [-0.2, -0.15) is 0 Å². The van der Waals surface area contributed by atoms with Crippen LogP contribution >= 0.6 is 0 Å². The molecule has 0 radical (unpaired) electrons. The van der Waals surface area contributed by atoms with E-state index in [1.165, 1.54) is 0 Å². The molecule has 1 fully saturated rings. The van der Waals surface area contributed by atoms with Crippen LogP contribution in [0.15, 0.2) is 24.3 Å². The smallest absolute Gasteiger partial charge is 0.325 e. The molecular formula is C15H21N3O3. The molecule has 1 aliphatic heterocycles. The van der Waals surface area contributed by atoms with E-state index < -0.39 is 17.6 Å². The molecule has 3 amide bonds. The Morgan fingerprint density at radius 2 is 2.00 bits per heavy atom. The highest BCUT2D eigenvalue weighted by molar-refractivity contribution is 6.06. The van der Waals surface area contributed by atoms with E-state index in [0.29, 0.717) is 12.4 Å². The third-order valence-corrected chi connectivity index (χ3v) is 3.44. The van der Waals surface area contributed by atoms with Crippen LogP contribution in [0.3, 0.4) is 0 Å². The fraction of sp³-hybridized carbons (Fsp3) is 0.467. The van der Waals surface area contributed by atoms with Crippen LogP contribution in [0.1, 0.15) is 32.4 Å². The molecule has 0 aromatic heterocycles. The van der Waals surface area contributed by atoms with Gasteiger partial charge in [-0.1, -0.05) is 18.2 Å². The number of amides is 3. The number of hydrogen-bond acceptors (Lipinski definition) is 4. The van der Waals surface area contributed by atoms with Gasteiger partial charge in [0.05, 0.1) is 12.6 Å². The van der Waals surface area contributed by atoms with Gasteiger partial charge in [0, 0.05) is 12.1 Å². The Labute approximate surface area is 124 Å². The van der Waals surface area contributed by atoms with Crippen molar-refractivity contribution in [3.8, 4) is 5.75 Å². The molecule has 0 spiro atoms. The second-order valence-electron chi connectivity index (χ2n) is 5.55. The van der Waals surface area contributed by atoms with Gasteiger partial charge in [-0.05, 0) is 26.8 Å². The standard InChI is InChI=1S/C15H21N3O3/c1-4-21-12-8-6-5-7-10(12)11(16)9-18-13(19)15(2,3)17-14(18)20/h5-8,11H,4,9,16H2,1-3H3,(H,17,20). The summed E-state index contributed by atoms with van der Waals surface area (Å²) in [4.78, 5) is 25.2. The minimum atomic E-state index is -0.879. The zero-order valence-corrected chi connectivity index (χ0v) is 12.6. The van der Waals surface area contributed by atoms with Crippen molar-refractivity contribution in [2.24, 2.45) is 5.73 Å². The number of imide groups is 1. The zero-order chi connectivity index (χ0) is 15.6. The Kier molecular flexibility index (Phi) is 4.18. The van der Waals surface area contributed by atoms with E-state index in [1.54, 1.807) is 13.8 Å². The summed E-state index contributed by atoms with van der Waals surface area (Å²) in [5, 5.41) is 2.64. The van der Waals surface area contributed by atoms with Crippen molar-refractivity contribution in [2.75, 3.05) is 13.2 Å². The van der Waals surface area contributed by atoms with Gasteiger partial charge in [-0.3, -0.25) is 9.69 Å². The molecule has 3 N–H and O–H groups in total. The van der Waals surface area contributed by atoms with Crippen molar-refractivity contribution in [3.63, 3.8) is 0 Å². The first kappa shape index (κ1) is 15.3. The molecule has 1 aromatic rings. The molecule has 6 nitrogen and oxygen atoms in total. The Morgan fingerprint density at radius 1 is 1.33 bits per heavy atom. The molecule has 1 saturated heterocycles. The first-order valence-electron chi connectivity index (χ1n) is 6.98. The average Bonchev–Trinajstić information content (AvgIpc) is 2.62. The number of hydrogen-bond donors (Lipinski definition) is 2. The van der Waals surface area contributed by atoms with E-state index in [2.05, 4.69) is 5.32 Å². The molecule has 21 heavy (non-hydrogen) atoms. The number of ether oxygens (including phenoxy) is 1. The Bertz CT molecular complexity index is 557. The minimum absolute atomic E-state index is 0.123. The molecule has 6 heteroatoms. The fourth-order valence-electron chi connectivity index (χ4n) is 2.35. The number of benzene rings is 1. The van der Waals surface area contributed by atoms with Crippen LogP contribution in [0, 0.1) is 0 Å². The maximum absolute atomic E-state index is 12.2. The predicted octanol–water partition coefficient (Wildman–Crippen LogP) is 1.42. The molecule has 1 aliphatic rings. The summed E-state index contributed by atoms with van der Waals surface area (Å²) in [7, 11) is 0. The molecule has 1 unspecified atom stereocenters. The van der Waals surface area contributed by atoms with Crippen molar-refractivity contribution in [1.82, 2.24) is 10.2 Å². The number of rotatable bonds is 5. The van der Waals surface area contributed by atoms with Gasteiger partial charge in [0.15, 0.2) is 0 Å². The SMILES string of the molecule is CCOc1ccccc1C(N)CN1C(=O)NC(C)(C)C1=O. The van der Waals surface area contributed by atoms with Crippen molar-refractivity contribution < 1.29 is 14.3 Å². The molecule has 0 aliphatic carbocycles. The van der Waals surface area contributed by atoms with Gasteiger partial charge in [0.25, 0.3) is 5.91 Å². The van der Waals surface area contributed by atoms with Crippen LogP contribution in [-0.4, -0.2) is 35.5 Å². The van der Waals surface area contributed by atoms with Gasteiger partial charge in [-0.15, -0.1) is 0 Å². The number of carbonyl (C=O) groups excluding carboxylic acids is 2. The lowest BCUT2D eigenvalue weighted by Crippen LogP contribution is -2.41. The largest absolute Gasteiger partial charge is 0.494 e. The van der Waals surface area contributed by atoms with E-state index >= 15 is 0 Å². The van der Waals surface area contributed by atoms with Crippen LogP contribution in [0.25, 0.3) is 0 Å². The lowest BCUT2D eigenvalue weighted by atomic mass is 10.0. The van der Waals surface area contributed by atoms with Crippen molar-refractivity contribution in [2.45, 2.75) is 32.4 Å². The highest BCUT2D eigenvalue weighted by atomic mass is 16.5. The van der Waals surface area contributed by atoms with E-state index in [9.17, 15) is 9.59 Å². The molecular weight excluding hydrogens is 270 g/mol. The molecule has 114 valence electrons. The molecule has 0 bridgehead atoms.